The van der Waals surface area contributed by atoms with Crippen molar-refractivity contribution in [2.24, 2.45) is 0 Å². The lowest BCUT2D eigenvalue weighted by atomic mass is 9.74. The molecule has 0 radical (unpaired) electrons. The highest BCUT2D eigenvalue weighted by molar-refractivity contribution is 6.30. The van der Waals surface area contributed by atoms with Gasteiger partial charge in [0.25, 0.3) is 0 Å². The number of benzene rings is 1. The van der Waals surface area contributed by atoms with Gasteiger partial charge in [-0.05, 0) is 82.2 Å². The van der Waals surface area contributed by atoms with Crippen LogP contribution in [0.1, 0.15) is 37.4 Å². The number of rotatable bonds is 7. The first-order valence-corrected chi connectivity index (χ1v) is 13.7. The molecule has 2 fully saturated rings. The van der Waals surface area contributed by atoms with Crippen LogP contribution in [0.2, 0.25) is 5.02 Å². The van der Waals surface area contributed by atoms with Gasteiger partial charge in [-0.1, -0.05) is 11.6 Å². The first-order valence-electron chi connectivity index (χ1n) is 13.3. The number of ether oxygens (including phenoxy) is 1. The van der Waals surface area contributed by atoms with E-state index in [1.165, 1.54) is 0 Å². The number of piperidine rings is 1. The second-order valence-corrected chi connectivity index (χ2v) is 10.6. The van der Waals surface area contributed by atoms with Gasteiger partial charge in [-0.3, -0.25) is 4.79 Å². The zero-order valence-corrected chi connectivity index (χ0v) is 23.0. The molecule has 10 heteroatoms. The minimum absolute atomic E-state index is 0.0162. The molecule has 0 aliphatic carbocycles. The Morgan fingerprint density at radius 3 is 2.69 bits per heavy atom. The molecule has 4 heterocycles. The van der Waals surface area contributed by atoms with Crippen LogP contribution in [0.4, 0.5) is 5.69 Å². The first kappa shape index (κ1) is 26.9. The lowest BCUT2D eigenvalue weighted by Gasteiger charge is -2.41. The molecule has 9 nitrogen and oxygen atoms in total. The molecule has 2 aliphatic heterocycles. The van der Waals surface area contributed by atoms with Gasteiger partial charge in [0.1, 0.15) is 6.07 Å². The number of carbonyl (C=O) groups excluding carboxylic acids is 1. The van der Waals surface area contributed by atoms with Crippen LogP contribution in [0, 0.1) is 11.3 Å². The van der Waals surface area contributed by atoms with Crippen molar-refractivity contribution in [3.05, 3.63) is 64.9 Å². The van der Waals surface area contributed by atoms with Crippen LogP contribution >= 0.6 is 11.6 Å². The first-order chi connectivity index (χ1) is 18.9. The number of nitrogens with zero attached hydrogens (tertiary/aromatic N) is 6. The molecule has 0 saturated carbocycles. The molecule has 3 aromatic rings. The van der Waals surface area contributed by atoms with E-state index in [9.17, 15) is 10.1 Å². The van der Waals surface area contributed by atoms with Crippen molar-refractivity contribution in [2.75, 3.05) is 44.7 Å². The maximum atomic E-state index is 14.0. The largest absolute Gasteiger partial charge is 0.477 e. The van der Waals surface area contributed by atoms with E-state index in [2.05, 4.69) is 43.4 Å². The predicted molar refractivity (Wildman–Crippen MR) is 150 cm³/mol. The molecule has 1 amide bonds. The number of pyridine rings is 1. The Morgan fingerprint density at radius 1 is 1.21 bits per heavy atom. The molecule has 1 atom stereocenters. The van der Waals surface area contributed by atoms with Crippen molar-refractivity contribution in [1.29, 1.82) is 5.26 Å². The van der Waals surface area contributed by atoms with E-state index < -0.39 is 5.41 Å². The summed E-state index contributed by atoms with van der Waals surface area (Å²) in [6, 6.07) is 15.2. The zero-order chi connectivity index (χ0) is 27.4. The lowest BCUT2D eigenvalue weighted by molar-refractivity contribution is -0.128. The standard InChI is InChI=1S/C29H32ClN7O2/c1-3-39-27-23(5-4-13-32-27)24-7-9-26(35-34-24)29(28(38)33-22-10-14-36(2)19-22)11-15-37(16-12-29)25-8-6-21(30)17-20(25)18-31/h4-9,13,17,22H,3,10-12,14-16,19H2,1-2H3,(H,33,38)/t22-/m0/s1. The fraction of sp³-hybridized carbons (Fsp3) is 0.414. The van der Waals surface area contributed by atoms with E-state index in [4.69, 9.17) is 16.3 Å². The molecule has 0 bridgehead atoms. The number of hydrogen-bond donors (Lipinski definition) is 1. The maximum Gasteiger partial charge on any atom is 0.232 e. The maximum absolute atomic E-state index is 14.0. The summed E-state index contributed by atoms with van der Waals surface area (Å²) < 4.78 is 5.68. The number of likely N-dealkylation sites (tertiary alicyclic amines) is 1. The summed E-state index contributed by atoms with van der Waals surface area (Å²) in [6.45, 7) is 5.38. The van der Waals surface area contributed by atoms with Crippen molar-refractivity contribution in [3.8, 4) is 23.2 Å². The number of hydrogen-bond acceptors (Lipinski definition) is 8. The molecule has 5 rings (SSSR count). The van der Waals surface area contributed by atoms with Crippen LogP contribution < -0.4 is 15.0 Å². The van der Waals surface area contributed by atoms with Crippen molar-refractivity contribution in [3.63, 3.8) is 0 Å². The summed E-state index contributed by atoms with van der Waals surface area (Å²) >= 11 is 6.12. The third kappa shape index (κ3) is 5.54. The number of anilines is 1. The van der Waals surface area contributed by atoms with E-state index in [-0.39, 0.29) is 11.9 Å². The number of aromatic nitrogens is 3. The topological polar surface area (TPSA) is 107 Å². The third-order valence-corrected chi connectivity index (χ3v) is 7.92. The molecule has 202 valence electrons. The minimum Gasteiger partial charge on any atom is -0.477 e. The molecule has 1 aromatic carbocycles. The van der Waals surface area contributed by atoms with Gasteiger partial charge in [0, 0.05) is 36.9 Å². The number of halogens is 1. The molecular weight excluding hydrogens is 514 g/mol. The normalized spacial score (nSPS) is 18.9. The Kier molecular flexibility index (Phi) is 7.96. The molecule has 2 saturated heterocycles. The summed E-state index contributed by atoms with van der Waals surface area (Å²) in [6.07, 6.45) is 3.69. The highest BCUT2D eigenvalue weighted by atomic mass is 35.5. The second kappa shape index (κ2) is 11.6. The van der Waals surface area contributed by atoms with Crippen LogP contribution in [0.15, 0.2) is 48.7 Å². The highest BCUT2D eigenvalue weighted by Gasteiger charge is 2.45. The number of nitrogens with one attached hydrogen (secondary N) is 1. The average Bonchev–Trinajstić information content (AvgIpc) is 3.37. The molecule has 2 aromatic heterocycles. The van der Waals surface area contributed by atoms with Crippen molar-refractivity contribution >= 4 is 23.2 Å². The van der Waals surface area contributed by atoms with Crippen molar-refractivity contribution in [1.82, 2.24) is 25.4 Å². The Hall–Kier alpha value is -3.74. The summed E-state index contributed by atoms with van der Waals surface area (Å²) in [5.41, 5.74) is 2.57. The summed E-state index contributed by atoms with van der Waals surface area (Å²) in [4.78, 5) is 22.7. The number of amides is 1. The smallest absolute Gasteiger partial charge is 0.232 e. The van der Waals surface area contributed by atoms with Crippen LogP contribution in [0.5, 0.6) is 5.88 Å². The van der Waals surface area contributed by atoms with Crippen LogP contribution in [-0.2, 0) is 10.2 Å². The quantitative estimate of drug-likeness (QED) is 0.477. The lowest BCUT2D eigenvalue weighted by Crippen LogP contribution is -2.54. The van der Waals surface area contributed by atoms with E-state index >= 15 is 0 Å². The second-order valence-electron chi connectivity index (χ2n) is 10.2. The Bertz CT molecular complexity index is 1370. The van der Waals surface area contributed by atoms with Crippen LogP contribution in [0.25, 0.3) is 11.3 Å². The summed E-state index contributed by atoms with van der Waals surface area (Å²) in [5.74, 6) is 0.488. The van der Waals surface area contributed by atoms with Gasteiger partial charge in [-0.25, -0.2) is 4.98 Å². The molecule has 1 N–H and O–H groups in total. The van der Waals surface area contributed by atoms with Crippen LogP contribution in [0.3, 0.4) is 0 Å². The Morgan fingerprint density at radius 2 is 2.03 bits per heavy atom. The molecular formula is C29H32ClN7O2. The zero-order valence-electron chi connectivity index (χ0n) is 22.2. The highest BCUT2D eigenvalue weighted by Crippen LogP contribution is 2.38. The summed E-state index contributed by atoms with van der Waals surface area (Å²) in [5, 5.41) is 22.6. The van der Waals surface area contributed by atoms with E-state index in [1.54, 1.807) is 18.3 Å². The SMILES string of the molecule is CCOc1ncccc1-c1ccc(C2(C(=O)N[C@H]3CCN(C)C3)CCN(c3ccc(Cl)cc3C#N)CC2)nn1. The number of likely N-dealkylation sites (N-methyl/N-ethyl adjacent to an activating group) is 1. The molecule has 2 aliphatic rings. The molecule has 0 spiro atoms. The van der Waals surface area contributed by atoms with Crippen LogP contribution in [-0.4, -0.2) is 71.9 Å². The van der Waals surface area contributed by atoms with Gasteiger partial charge in [-0.15, -0.1) is 0 Å². The Balaban J connectivity index is 1.44. The number of nitriles is 1. The van der Waals surface area contributed by atoms with Gasteiger partial charge < -0.3 is 19.9 Å². The average molecular weight is 546 g/mol. The summed E-state index contributed by atoms with van der Waals surface area (Å²) in [7, 11) is 2.07. The van der Waals surface area contributed by atoms with Crippen molar-refractivity contribution < 1.29 is 9.53 Å². The fourth-order valence-corrected chi connectivity index (χ4v) is 5.72. The third-order valence-electron chi connectivity index (χ3n) is 7.68. The molecule has 0 unspecified atom stereocenters. The van der Waals surface area contributed by atoms with Gasteiger partial charge in [0.2, 0.25) is 11.8 Å². The minimum atomic E-state index is -0.833. The Labute approximate surface area is 233 Å². The van der Waals surface area contributed by atoms with Gasteiger partial charge in [0.15, 0.2) is 0 Å². The van der Waals surface area contributed by atoms with E-state index in [1.807, 2.05) is 37.3 Å². The fourth-order valence-electron chi connectivity index (χ4n) is 5.55. The van der Waals surface area contributed by atoms with E-state index in [0.717, 1.165) is 30.8 Å². The monoisotopic (exact) mass is 545 g/mol. The van der Waals surface area contributed by atoms with E-state index in [0.29, 0.717) is 60.4 Å². The van der Waals surface area contributed by atoms with Crippen molar-refractivity contribution in [2.45, 2.75) is 37.6 Å². The predicted octanol–water partition coefficient (Wildman–Crippen LogP) is 3.82. The molecule has 39 heavy (non-hydrogen) atoms. The van der Waals surface area contributed by atoms with Gasteiger partial charge in [0.05, 0.1) is 40.2 Å². The van der Waals surface area contributed by atoms with Gasteiger partial charge in [-0.2, -0.15) is 15.5 Å². The van der Waals surface area contributed by atoms with Gasteiger partial charge >= 0.3 is 0 Å². The number of carbonyl (C=O) groups is 1.